The van der Waals surface area contributed by atoms with Gasteiger partial charge in [-0.05, 0) is 31.4 Å². The van der Waals surface area contributed by atoms with E-state index in [0.29, 0.717) is 23.5 Å². The molecule has 1 heterocycles. The van der Waals surface area contributed by atoms with Crippen LogP contribution < -0.4 is 15.9 Å². The van der Waals surface area contributed by atoms with Crippen molar-refractivity contribution in [3.63, 3.8) is 0 Å². The van der Waals surface area contributed by atoms with Crippen molar-refractivity contribution < 1.29 is 4.74 Å². The van der Waals surface area contributed by atoms with Crippen LogP contribution in [0.3, 0.4) is 0 Å². The highest BCUT2D eigenvalue weighted by atomic mass is 32.1. The van der Waals surface area contributed by atoms with Crippen LogP contribution >= 0.6 is 11.3 Å². The minimum absolute atomic E-state index is 0.496. The monoisotopic (exact) mass is 318 g/mol. The second-order valence-corrected chi connectivity index (χ2v) is 6.38. The fourth-order valence-electron chi connectivity index (χ4n) is 1.80. The number of nitrogen functional groups attached to an aromatic ring is 1. The molecule has 0 bridgehead atoms. The number of ether oxygens (including phenoxy) is 1. The number of nitrogens with zero attached hydrogens (tertiary/aromatic N) is 2. The molecule has 22 heavy (non-hydrogen) atoms. The van der Waals surface area contributed by atoms with Crippen LogP contribution in [-0.4, -0.2) is 17.8 Å². The Morgan fingerprint density at radius 2 is 2.27 bits per heavy atom. The number of thiazole rings is 1. The van der Waals surface area contributed by atoms with Crippen molar-refractivity contribution in [1.82, 2.24) is 4.98 Å². The lowest BCUT2D eigenvalue weighted by molar-refractivity contribution is 0.289. The summed E-state index contributed by atoms with van der Waals surface area (Å²) in [6.07, 6.45) is 2.77. The van der Waals surface area contributed by atoms with Gasteiger partial charge >= 0.3 is 0 Å². The van der Waals surface area contributed by atoms with Gasteiger partial charge in [-0.15, -0.1) is 11.3 Å². The number of anilines is 2. The lowest BCUT2D eigenvalue weighted by Crippen LogP contribution is -2.03. The van der Waals surface area contributed by atoms with Gasteiger partial charge in [0, 0.05) is 10.9 Å². The van der Waals surface area contributed by atoms with Crippen LogP contribution in [0.5, 0.6) is 5.75 Å². The van der Waals surface area contributed by atoms with Crippen LogP contribution in [0, 0.1) is 12.8 Å². The third-order valence-electron chi connectivity index (χ3n) is 3.00. The predicted molar refractivity (Wildman–Crippen MR) is 93.9 cm³/mol. The Kier molecular flexibility index (Phi) is 5.77. The van der Waals surface area contributed by atoms with E-state index < -0.39 is 0 Å². The predicted octanol–water partition coefficient (Wildman–Crippen LogP) is 3.90. The third kappa shape index (κ3) is 5.04. The molecule has 118 valence electrons. The normalized spacial score (nSPS) is 11.3. The maximum Gasteiger partial charge on any atom is 0.205 e. The lowest BCUT2D eigenvalue weighted by Gasteiger charge is -2.11. The van der Waals surface area contributed by atoms with Crippen molar-refractivity contribution in [2.24, 2.45) is 11.0 Å². The molecule has 0 amide bonds. The summed E-state index contributed by atoms with van der Waals surface area (Å²) < 4.78 is 5.86. The minimum atomic E-state index is 0.496. The van der Waals surface area contributed by atoms with Gasteiger partial charge in [-0.2, -0.15) is 5.10 Å². The first-order valence-electron chi connectivity index (χ1n) is 7.28. The quantitative estimate of drug-likeness (QED) is 0.600. The van der Waals surface area contributed by atoms with Crippen molar-refractivity contribution in [3.05, 3.63) is 34.7 Å². The molecule has 2 rings (SSSR count). The summed E-state index contributed by atoms with van der Waals surface area (Å²) in [5, 5.41) is 6.65. The van der Waals surface area contributed by atoms with Gasteiger partial charge in [0.05, 0.1) is 12.8 Å². The first-order valence-corrected chi connectivity index (χ1v) is 8.16. The number of hydrogen-bond acceptors (Lipinski definition) is 6. The number of benzene rings is 1. The molecule has 0 aliphatic carbocycles. The van der Waals surface area contributed by atoms with E-state index in [1.807, 2.05) is 25.1 Å². The topological polar surface area (TPSA) is 72.5 Å². The van der Waals surface area contributed by atoms with E-state index in [4.69, 9.17) is 10.5 Å². The fraction of sp³-hybridized carbons (Fsp3) is 0.375. The van der Waals surface area contributed by atoms with Gasteiger partial charge in [-0.1, -0.05) is 25.5 Å². The van der Waals surface area contributed by atoms with E-state index in [2.05, 4.69) is 29.4 Å². The Morgan fingerprint density at radius 3 is 2.95 bits per heavy atom. The molecule has 5 nitrogen and oxygen atoms in total. The van der Waals surface area contributed by atoms with Crippen molar-refractivity contribution >= 4 is 28.5 Å². The number of nitrogens with one attached hydrogen (secondary N) is 1. The molecule has 3 N–H and O–H groups in total. The van der Waals surface area contributed by atoms with Crippen LogP contribution in [0.2, 0.25) is 0 Å². The largest absolute Gasteiger partial charge is 0.493 e. The second kappa shape index (κ2) is 7.79. The molecule has 0 saturated heterocycles. The molecule has 0 spiro atoms. The van der Waals surface area contributed by atoms with Gasteiger partial charge in [0.25, 0.3) is 0 Å². The third-order valence-corrected chi connectivity index (χ3v) is 3.77. The molecule has 0 saturated carbocycles. The summed E-state index contributed by atoms with van der Waals surface area (Å²) in [6.45, 7) is 7.12. The smallest absolute Gasteiger partial charge is 0.205 e. The van der Waals surface area contributed by atoms with Gasteiger partial charge in [-0.3, -0.25) is 5.43 Å². The van der Waals surface area contributed by atoms with Crippen molar-refractivity contribution in [1.29, 1.82) is 0 Å². The molecule has 0 radical (unpaired) electrons. The Hall–Kier alpha value is -2.08. The van der Waals surface area contributed by atoms with Crippen LogP contribution in [-0.2, 0) is 0 Å². The minimum Gasteiger partial charge on any atom is -0.493 e. The molecule has 6 heteroatoms. The highest BCUT2D eigenvalue weighted by Crippen LogP contribution is 2.20. The van der Waals surface area contributed by atoms with E-state index in [1.54, 1.807) is 11.6 Å². The molecular weight excluding hydrogens is 296 g/mol. The van der Waals surface area contributed by atoms with Gasteiger partial charge in [0.15, 0.2) is 0 Å². The maximum absolute atomic E-state index is 5.86. The standard InChI is InChI=1S/C16H22N4OS/c1-11(2)6-7-21-14-5-4-12(3)8-13(14)9-18-20-16-19-15(17)10-22-16/h4-5,8-11H,6-7,17H2,1-3H3,(H,19,20). The maximum atomic E-state index is 5.86. The molecule has 1 aromatic heterocycles. The summed E-state index contributed by atoms with van der Waals surface area (Å²) in [5.74, 6) is 1.96. The molecule has 2 aromatic rings. The average molecular weight is 318 g/mol. The molecule has 1 aromatic carbocycles. The lowest BCUT2D eigenvalue weighted by atomic mass is 10.1. The Bertz CT molecular complexity index is 637. The zero-order chi connectivity index (χ0) is 15.9. The Morgan fingerprint density at radius 1 is 1.45 bits per heavy atom. The van der Waals surface area contributed by atoms with E-state index in [0.717, 1.165) is 23.3 Å². The first kappa shape index (κ1) is 16.3. The van der Waals surface area contributed by atoms with Gasteiger partial charge in [0.2, 0.25) is 5.13 Å². The molecule has 0 aliphatic rings. The summed E-state index contributed by atoms with van der Waals surface area (Å²) in [6, 6.07) is 6.07. The number of nitrogens with two attached hydrogens (primary N) is 1. The van der Waals surface area contributed by atoms with E-state index in [9.17, 15) is 0 Å². The summed E-state index contributed by atoms with van der Waals surface area (Å²) in [7, 11) is 0. The highest BCUT2D eigenvalue weighted by Gasteiger charge is 2.03. The average Bonchev–Trinajstić information content (AvgIpc) is 2.86. The fourth-order valence-corrected chi connectivity index (χ4v) is 2.35. The van der Waals surface area contributed by atoms with Crippen molar-refractivity contribution in [3.8, 4) is 5.75 Å². The number of hydrogen-bond donors (Lipinski definition) is 2. The first-order chi connectivity index (χ1) is 10.5. The van der Waals surface area contributed by atoms with Crippen LogP contribution in [0.4, 0.5) is 10.9 Å². The van der Waals surface area contributed by atoms with Crippen LogP contribution in [0.25, 0.3) is 0 Å². The van der Waals surface area contributed by atoms with Crippen LogP contribution in [0.15, 0.2) is 28.7 Å². The number of aromatic nitrogens is 1. The second-order valence-electron chi connectivity index (χ2n) is 5.52. The van der Waals surface area contributed by atoms with Crippen molar-refractivity contribution in [2.75, 3.05) is 17.8 Å². The summed E-state index contributed by atoms with van der Waals surface area (Å²) >= 11 is 1.42. The molecule has 0 fully saturated rings. The van der Waals surface area contributed by atoms with Crippen molar-refractivity contribution in [2.45, 2.75) is 27.2 Å². The number of hydrazone groups is 1. The van der Waals surface area contributed by atoms with E-state index >= 15 is 0 Å². The summed E-state index contributed by atoms with van der Waals surface area (Å²) in [4.78, 5) is 4.09. The molecule has 0 atom stereocenters. The molecular formula is C16H22N4OS. The van der Waals surface area contributed by atoms with Gasteiger partial charge in [0.1, 0.15) is 11.6 Å². The summed E-state index contributed by atoms with van der Waals surface area (Å²) in [5.41, 5.74) is 10.6. The highest BCUT2D eigenvalue weighted by molar-refractivity contribution is 7.14. The van der Waals surface area contributed by atoms with Gasteiger partial charge in [-0.25, -0.2) is 4.98 Å². The zero-order valence-corrected chi connectivity index (χ0v) is 14.0. The molecule has 0 aliphatic heterocycles. The Labute approximate surface area is 135 Å². The SMILES string of the molecule is Cc1ccc(OCCC(C)C)c(C=NNc2nc(N)cs2)c1. The Balaban J connectivity index is 2.02. The molecule has 0 unspecified atom stereocenters. The van der Waals surface area contributed by atoms with E-state index in [-0.39, 0.29) is 0 Å². The van der Waals surface area contributed by atoms with E-state index in [1.165, 1.54) is 11.3 Å². The number of aryl methyl sites for hydroxylation is 1. The number of rotatable bonds is 7. The van der Waals surface area contributed by atoms with Gasteiger partial charge < -0.3 is 10.5 Å². The zero-order valence-electron chi connectivity index (χ0n) is 13.2. The van der Waals surface area contributed by atoms with Crippen LogP contribution in [0.1, 0.15) is 31.4 Å².